The summed E-state index contributed by atoms with van der Waals surface area (Å²) < 4.78 is 1.61. The molecule has 126 valence electrons. The minimum absolute atomic E-state index is 0.0589. The van der Waals surface area contributed by atoms with Crippen LogP contribution in [0.3, 0.4) is 0 Å². The number of rotatable bonds is 4. The average Bonchev–Trinajstić information content (AvgIpc) is 2.99. The van der Waals surface area contributed by atoms with Gasteiger partial charge >= 0.3 is 0 Å². The molecule has 0 saturated heterocycles. The summed E-state index contributed by atoms with van der Waals surface area (Å²) in [6.07, 6.45) is 2.71. The zero-order valence-corrected chi connectivity index (χ0v) is 14.7. The molecule has 1 aromatic heterocycles. The third-order valence-corrected chi connectivity index (χ3v) is 4.62. The largest absolute Gasteiger partial charge is 0.352 e. The number of benzene rings is 1. The van der Waals surface area contributed by atoms with Gasteiger partial charge in [-0.2, -0.15) is 0 Å². The fraction of sp³-hybridized carbons (Fsp3) is 0.368. The molecule has 3 rings (SSSR count). The Labute approximate surface area is 146 Å². The number of amides is 1. The first-order chi connectivity index (χ1) is 11.5. The number of carbonyl (C=O) groups is 1. The zero-order valence-electron chi connectivity index (χ0n) is 13.9. The number of halogens is 1. The highest BCUT2D eigenvalue weighted by Crippen LogP contribution is 2.34. The molecule has 1 aliphatic rings. The number of hydrogen-bond acceptors (Lipinski definition) is 2. The van der Waals surface area contributed by atoms with Crippen molar-refractivity contribution in [2.45, 2.75) is 45.7 Å². The van der Waals surface area contributed by atoms with Gasteiger partial charge in [-0.25, -0.2) is 0 Å². The lowest BCUT2D eigenvalue weighted by Crippen LogP contribution is -2.37. The lowest BCUT2D eigenvalue weighted by molar-refractivity contribution is -0.122. The fourth-order valence-corrected chi connectivity index (χ4v) is 3.58. The van der Waals surface area contributed by atoms with Gasteiger partial charge in [0, 0.05) is 28.4 Å². The normalized spacial score (nSPS) is 13.2. The summed E-state index contributed by atoms with van der Waals surface area (Å²) in [6.45, 7) is 3.89. The second-order valence-corrected chi connectivity index (χ2v) is 6.87. The number of nitrogens with zero attached hydrogens (tertiary/aromatic N) is 1. The van der Waals surface area contributed by atoms with Crippen LogP contribution in [0.25, 0.3) is 11.1 Å². The van der Waals surface area contributed by atoms with Crippen molar-refractivity contribution < 1.29 is 4.79 Å². The van der Waals surface area contributed by atoms with Gasteiger partial charge in [0.1, 0.15) is 6.54 Å². The van der Waals surface area contributed by atoms with Crippen LogP contribution in [0.1, 0.15) is 31.5 Å². The van der Waals surface area contributed by atoms with Crippen LogP contribution >= 0.6 is 11.6 Å². The molecule has 1 heterocycles. The van der Waals surface area contributed by atoms with Gasteiger partial charge in [0.05, 0.1) is 0 Å². The number of nitrogens with one attached hydrogen (secondary N) is 1. The van der Waals surface area contributed by atoms with Gasteiger partial charge in [-0.15, -0.1) is 0 Å². The average molecular weight is 345 g/mol. The predicted octanol–water partition coefficient (Wildman–Crippen LogP) is 3.18. The van der Waals surface area contributed by atoms with E-state index < -0.39 is 0 Å². The molecular formula is C19H21ClN2O2. The van der Waals surface area contributed by atoms with Crippen LogP contribution in [0.5, 0.6) is 0 Å². The van der Waals surface area contributed by atoms with Crippen LogP contribution in [0.4, 0.5) is 0 Å². The van der Waals surface area contributed by atoms with Gasteiger partial charge in [0.2, 0.25) is 5.91 Å². The Morgan fingerprint density at radius 3 is 2.71 bits per heavy atom. The molecule has 1 N–H and O–H groups in total. The van der Waals surface area contributed by atoms with Crippen LogP contribution < -0.4 is 10.9 Å². The van der Waals surface area contributed by atoms with Crippen LogP contribution in [0.2, 0.25) is 5.02 Å². The predicted molar refractivity (Wildman–Crippen MR) is 96.5 cm³/mol. The van der Waals surface area contributed by atoms with E-state index >= 15 is 0 Å². The van der Waals surface area contributed by atoms with Crippen LogP contribution in [-0.4, -0.2) is 16.5 Å². The molecule has 0 fully saturated rings. The maximum atomic E-state index is 12.6. The molecule has 0 aliphatic heterocycles. The Morgan fingerprint density at radius 2 is 2.00 bits per heavy atom. The molecule has 1 aromatic carbocycles. The van der Waals surface area contributed by atoms with Gasteiger partial charge in [-0.3, -0.25) is 9.59 Å². The smallest absolute Gasteiger partial charge is 0.251 e. The summed E-state index contributed by atoms with van der Waals surface area (Å²) in [5, 5.41) is 3.49. The first-order valence-electron chi connectivity index (χ1n) is 8.27. The van der Waals surface area contributed by atoms with Crippen molar-refractivity contribution in [2.75, 3.05) is 0 Å². The standard InChI is InChI=1S/C19H21ClN2O2/c1-12(2)21-18(23)11-22-17-9-5-7-14(17)15(10-19(22)24)13-6-3-4-8-16(13)20/h3-4,6,8,10,12H,5,7,9,11H2,1-2H3,(H,21,23). The topological polar surface area (TPSA) is 51.1 Å². The molecule has 0 atom stereocenters. The lowest BCUT2D eigenvalue weighted by Gasteiger charge is -2.17. The van der Waals surface area contributed by atoms with E-state index in [0.717, 1.165) is 41.6 Å². The number of pyridine rings is 1. The molecule has 1 amide bonds. The molecule has 0 unspecified atom stereocenters. The number of hydrogen-bond donors (Lipinski definition) is 1. The van der Waals surface area contributed by atoms with E-state index in [1.165, 1.54) is 0 Å². The molecule has 0 saturated carbocycles. The van der Waals surface area contributed by atoms with Crippen molar-refractivity contribution in [1.29, 1.82) is 0 Å². The maximum absolute atomic E-state index is 12.6. The number of fused-ring (bicyclic) bond motifs is 1. The summed E-state index contributed by atoms with van der Waals surface area (Å²) in [6, 6.07) is 9.25. The quantitative estimate of drug-likeness (QED) is 0.926. The fourth-order valence-electron chi connectivity index (χ4n) is 3.34. The Balaban J connectivity index is 2.06. The molecule has 2 aromatic rings. The van der Waals surface area contributed by atoms with Gasteiger partial charge < -0.3 is 9.88 Å². The summed E-state index contributed by atoms with van der Waals surface area (Å²) >= 11 is 6.32. The van der Waals surface area contributed by atoms with Crippen LogP contribution in [-0.2, 0) is 24.2 Å². The second-order valence-electron chi connectivity index (χ2n) is 6.46. The molecule has 1 aliphatic carbocycles. The highest BCUT2D eigenvalue weighted by molar-refractivity contribution is 6.33. The number of aromatic nitrogens is 1. The zero-order chi connectivity index (χ0) is 17.3. The SMILES string of the molecule is CC(C)NC(=O)Cn1c2c(c(-c3ccccc3Cl)cc1=O)CCC2. The van der Waals surface area contributed by atoms with Gasteiger partial charge in [0.15, 0.2) is 0 Å². The van der Waals surface area contributed by atoms with Crippen molar-refractivity contribution in [3.8, 4) is 11.1 Å². The summed E-state index contributed by atoms with van der Waals surface area (Å²) in [4.78, 5) is 24.7. The van der Waals surface area contributed by atoms with E-state index in [0.29, 0.717) is 5.02 Å². The molecule has 24 heavy (non-hydrogen) atoms. The van der Waals surface area contributed by atoms with Gasteiger partial charge in [-0.05, 0) is 50.3 Å². The van der Waals surface area contributed by atoms with E-state index in [1.807, 2.05) is 38.1 Å². The van der Waals surface area contributed by atoms with E-state index in [9.17, 15) is 9.59 Å². The van der Waals surface area contributed by atoms with E-state index in [1.54, 1.807) is 10.6 Å². The number of carbonyl (C=O) groups excluding carboxylic acids is 1. The minimum Gasteiger partial charge on any atom is -0.352 e. The Morgan fingerprint density at radius 1 is 1.25 bits per heavy atom. The molecule has 5 heteroatoms. The third kappa shape index (κ3) is 3.24. The van der Waals surface area contributed by atoms with Crippen LogP contribution in [0, 0.1) is 0 Å². The van der Waals surface area contributed by atoms with E-state index in [2.05, 4.69) is 5.32 Å². The highest BCUT2D eigenvalue weighted by Gasteiger charge is 2.23. The van der Waals surface area contributed by atoms with Crippen molar-refractivity contribution in [3.63, 3.8) is 0 Å². The van der Waals surface area contributed by atoms with Gasteiger partial charge in [0.25, 0.3) is 5.56 Å². The Hall–Kier alpha value is -2.07. The lowest BCUT2D eigenvalue weighted by atomic mass is 9.99. The summed E-state index contributed by atoms with van der Waals surface area (Å²) in [5.41, 5.74) is 3.74. The molecule has 0 spiro atoms. The molecule has 0 bridgehead atoms. The van der Waals surface area contributed by atoms with E-state index in [4.69, 9.17) is 11.6 Å². The molecular weight excluding hydrogens is 324 g/mol. The summed E-state index contributed by atoms with van der Waals surface area (Å²) in [7, 11) is 0. The summed E-state index contributed by atoms with van der Waals surface area (Å²) in [5.74, 6) is -0.133. The molecule has 0 radical (unpaired) electrons. The van der Waals surface area contributed by atoms with Gasteiger partial charge in [-0.1, -0.05) is 29.8 Å². The van der Waals surface area contributed by atoms with Crippen molar-refractivity contribution in [3.05, 3.63) is 57.0 Å². The van der Waals surface area contributed by atoms with Crippen molar-refractivity contribution in [1.82, 2.24) is 9.88 Å². The first-order valence-corrected chi connectivity index (χ1v) is 8.65. The monoisotopic (exact) mass is 344 g/mol. The highest BCUT2D eigenvalue weighted by atomic mass is 35.5. The maximum Gasteiger partial charge on any atom is 0.251 e. The van der Waals surface area contributed by atoms with Crippen molar-refractivity contribution >= 4 is 17.5 Å². The van der Waals surface area contributed by atoms with Crippen LogP contribution in [0.15, 0.2) is 35.1 Å². The molecule has 4 nitrogen and oxygen atoms in total. The Bertz CT molecular complexity index is 840. The van der Waals surface area contributed by atoms with Crippen molar-refractivity contribution in [2.24, 2.45) is 0 Å². The minimum atomic E-state index is -0.149. The Kier molecular flexibility index (Phi) is 4.76. The second kappa shape index (κ2) is 6.81. The third-order valence-electron chi connectivity index (χ3n) is 4.29. The first kappa shape index (κ1) is 16.8. The van der Waals surface area contributed by atoms with E-state index in [-0.39, 0.29) is 24.1 Å².